The molecule has 0 fully saturated rings. The third-order valence-corrected chi connectivity index (χ3v) is 4.07. The summed E-state index contributed by atoms with van der Waals surface area (Å²) >= 11 is 3.49. The molecule has 0 saturated carbocycles. The van der Waals surface area contributed by atoms with Gasteiger partial charge in [0, 0.05) is 4.47 Å². The molecule has 0 atom stereocenters. The Kier molecular flexibility index (Phi) is 4.84. The smallest absolute Gasteiger partial charge is 0.258 e. The van der Waals surface area contributed by atoms with Gasteiger partial charge in [-0.2, -0.15) is 0 Å². The Labute approximate surface area is 126 Å². The molecule has 2 aromatic rings. The highest BCUT2D eigenvalue weighted by Gasteiger charge is 2.06. The van der Waals surface area contributed by atoms with Crippen molar-refractivity contribution in [2.45, 2.75) is 20.4 Å². The standard InChI is InChI=1S/C15H16BrNO3/c1-10-6-13(7-11(2)15(10)16)20-9-14(18)17-8-12-4-3-5-19-12/h3-7H,8-9H2,1-2H3,(H,17,18). The zero-order chi connectivity index (χ0) is 14.5. The zero-order valence-corrected chi connectivity index (χ0v) is 13.0. The van der Waals surface area contributed by atoms with Crippen LogP contribution in [0, 0.1) is 13.8 Å². The van der Waals surface area contributed by atoms with Crippen LogP contribution in [0.1, 0.15) is 16.9 Å². The molecule has 1 N–H and O–H groups in total. The molecule has 0 aliphatic rings. The summed E-state index contributed by atoms with van der Waals surface area (Å²) in [6.45, 7) is 4.33. The number of hydrogen-bond donors (Lipinski definition) is 1. The topological polar surface area (TPSA) is 51.5 Å². The van der Waals surface area contributed by atoms with Crippen molar-refractivity contribution >= 4 is 21.8 Å². The number of carbonyl (C=O) groups excluding carboxylic acids is 1. The van der Waals surface area contributed by atoms with Gasteiger partial charge in [-0.05, 0) is 49.2 Å². The Morgan fingerprint density at radius 2 is 2.05 bits per heavy atom. The highest BCUT2D eigenvalue weighted by molar-refractivity contribution is 9.10. The number of carbonyl (C=O) groups is 1. The first-order valence-corrected chi connectivity index (χ1v) is 7.04. The zero-order valence-electron chi connectivity index (χ0n) is 11.4. The Morgan fingerprint density at radius 3 is 2.65 bits per heavy atom. The summed E-state index contributed by atoms with van der Waals surface area (Å²) in [7, 11) is 0. The monoisotopic (exact) mass is 337 g/mol. The lowest BCUT2D eigenvalue weighted by Gasteiger charge is -2.10. The number of amides is 1. The molecule has 0 aliphatic heterocycles. The lowest BCUT2D eigenvalue weighted by molar-refractivity contribution is -0.123. The molecule has 5 heteroatoms. The van der Waals surface area contributed by atoms with Gasteiger partial charge in [0.25, 0.3) is 5.91 Å². The van der Waals surface area contributed by atoms with Crippen LogP contribution < -0.4 is 10.1 Å². The highest BCUT2D eigenvalue weighted by Crippen LogP contribution is 2.26. The number of aryl methyl sites for hydroxylation is 2. The number of hydrogen-bond acceptors (Lipinski definition) is 3. The fourth-order valence-corrected chi connectivity index (χ4v) is 2.02. The molecular weight excluding hydrogens is 322 g/mol. The number of halogens is 1. The van der Waals surface area contributed by atoms with Gasteiger partial charge >= 0.3 is 0 Å². The minimum absolute atomic E-state index is 0.0127. The van der Waals surface area contributed by atoms with Crippen LogP contribution in [-0.2, 0) is 11.3 Å². The van der Waals surface area contributed by atoms with Crippen LogP contribution in [0.4, 0.5) is 0 Å². The molecule has 1 aromatic heterocycles. The summed E-state index contributed by atoms with van der Waals surface area (Å²) in [6.07, 6.45) is 1.57. The van der Waals surface area contributed by atoms with Gasteiger partial charge in [-0.25, -0.2) is 0 Å². The number of rotatable bonds is 5. The van der Waals surface area contributed by atoms with Crippen LogP contribution in [0.5, 0.6) is 5.75 Å². The van der Waals surface area contributed by atoms with Gasteiger partial charge in [0.05, 0.1) is 12.8 Å². The largest absolute Gasteiger partial charge is 0.484 e. The molecule has 0 spiro atoms. The van der Waals surface area contributed by atoms with E-state index in [-0.39, 0.29) is 12.5 Å². The van der Waals surface area contributed by atoms with Crippen LogP contribution >= 0.6 is 15.9 Å². The van der Waals surface area contributed by atoms with E-state index in [0.29, 0.717) is 18.1 Å². The first-order valence-electron chi connectivity index (χ1n) is 6.25. The van der Waals surface area contributed by atoms with Crippen molar-refractivity contribution in [3.8, 4) is 5.75 Å². The maximum Gasteiger partial charge on any atom is 0.258 e. The van der Waals surface area contributed by atoms with Crippen molar-refractivity contribution in [3.63, 3.8) is 0 Å². The molecule has 4 nitrogen and oxygen atoms in total. The van der Waals surface area contributed by atoms with E-state index in [4.69, 9.17) is 9.15 Å². The maximum absolute atomic E-state index is 11.7. The van der Waals surface area contributed by atoms with Crippen molar-refractivity contribution in [1.29, 1.82) is 0 Å². The number of nitrogens with one attached hydrogen (secondary N) is 1. The molecule has 0 aliphatic carbocycles. The predicted octanol–water partition coefficient (Wildman–Crippen LogP) is 3.35. The van der Waals surface area contributed by atoms with Crippen LogP contribution in [0.3, 0.4) is 0 Å². The average Bonchev–Trinajstić information content (AvgIpc) is 2.93. The minimum atomic E-state index is -0.181. The molecule has 1 amide bonds. The molecule has 1 heterocycles. The molecule has 0 bridgehead atoms. The lowest BCUT2D eigenvalue weighted by atomic mass is 10.1. The van der Waals surface area contributed by atoms with Crippen molar-refractivity contribution in [3.05, 3.63) is 51.9 Å². The second-order valence-electron chi connectivity index (χ2n) is 4.52. The van der Waals surface area contributed by atoms with Crippen LogP contribution in [-0.4, -0.2) is 12.5 Å². The van der Waals surface area contributed by atoms with Gasteiger partial charge in [-0.3, -0.25) is 4.79 Å². The summed E-state index contributed by atoms with van der Waals surface area (Å²) in [5.41, 5.74) is 2.16. The minimum Gasteiger partial charge on any atom is -0.484 e. The Morgan fingerprint density at radius 1 is 1.35 bits per heavy atom. The second kappa shape index (κ2) is 6.61. The Bertz CT molecular complexity index is 570. The fraction of sp³-hybridized carbons (Fsp3) is 0.267. The quantitative estimate of drug-likeness (QED) is 0.910. The molecule has 0 saturated heterocycles. The van der Waals surface area contributed by atoms with Gasteiger partial charge in [0.2, 0.25) is 0 Å². The van der Waals surface area contributed by atoms with E-state index in [0.717, 1.165) is 15.6 Å². The number of benzene rings is 1. The molecule has 0 unspecified atom stereocenters. The Hall–Kier alpha value is -1.75. The normalized spacial score (nSPS) is 10.3. The third-order valence-electron chi connectivity index (χ3n) is 2.82. The SMILES string of the molecule is Cc1cc(OCC(=O)NCc2ccco2)cc(C)c1Br. The first-order chi connectivity index (χ1) is 9.56. The van der Waals surface area contributed by atoms with E-state index in [1.165, 1.54) is 0 Å². The molecule has 0 radical (unpaired) electrons. The molecule has 106 valence electrons. The van der Waals surface area contributed by atoms with Crippen LogP contribution in [0.2, 0.25) is 0 Å². The van der Waals surface area contributed by atoms with E-state index in [9.17, 15) is 4.79 Å². The number of ether oxygens (including phenoxy) is 1. The van der Waals surface area contributed by atoms with Crippen molar-refractivity contribution in [2.24, 2.45) is 0 Å². The molecule has 1 aromatic carbocycles. The van der Waals surface area contributed by atoms with Gasteiger partial charge in [0.1, 0.15) is 11.5 Å². The van der Waals surface area contributed by atoms with Crippen LogP contribution in [0.25, 0.3) is 0 Å². The van der Waals surface area contributed by atoms with Gasteiger partial charge in [0.15, 0.2) is 6.61 Å². The van der Waals surface area contributed by atoms with E-state index in [1.54, 1.807) is 12.3 Å². The molecular formula is C15H16BrNO3. The molecule has 2 rings (SSSR count). The van der Waals surface area contributed by atoms with E-state index in [2.05, 4.69) is 21.2 Å². The van der Waals surface area contributed by atoms with E-state index < -0.39 is 0 Å². The predicted molar refractivity (Wildman–Crippen MR) is 79.7 cm³/mol. The second-order valence-corrected chi connectivity index (χ2v) is 5.31. The van der Waals surface area contributed by atoms with E-state index in [1.807, 2.05) is 32.0 Å². The van der Waals surface area contributed by atoms with Crippen LogP contribution in [0.15, 0.2) is 39.4 Å². The van der Waals surface area contributed by atoms with Gasteiger partial charge in [-0.15, -0.1) is 0 Å². The van der Waals surface area contributed by atoms with Crippen molar-refractivity contribution < 1.29 is 13.9 Å². The summed E-state index contributed by atoms with van der Waals surface area (Å²) < 4.78 is 11.7. The number of furan rings is 1. The lowest BCUT2D eigenvalue weighted by Crippen LogP contribution is -2.28. The highest BCUT2D eigenvalue weighted by atomic mass is 79.9. The summed E-state index contributed by atoms with van der Waals surface area (Å²) in [5, 5.41) is 2.73. The fourth-order valence-electron chi connectivity index (χ4n) is 1.79. The van der Waals surface area contributed by atoms with E-state index >= 15 is 0 Å². The summed E-state index contributed by atoms with van der Waals surface area (Å²) in [6, 6.07) is 7.39. The average molecular weight is 338 g/mol. The first kappa shape index (κ1) is 14.7. The van der Waals surface area contributed by atoms with Gasteiger partial charge < -0.3 is 14.5 Å². The third kappa shape index (κ3) is 3.87. The van der Waals surface area contributed by atoms with Gasteiger partial charge in [-0.1, -0.05) is 15.9 Å². The van der Waals surface area contributed by atoms with Crippen molar-refractivity contribution in [1.82, 2.24) is 5.32 Å². The summed E-state index contributed by atoms with van der Waals surface area (Å²) in [4.78, 5) is 11.7. The van der Waals surface area contributed by atoms with Crippen molar-refractivity contribution in [2.75, 3.05) is 6.61 Å². The molecule has 20 heavy (non-hydrogen) atoms. The summed E-state index contributed by atoms with van der Waals surface area (Å²) in [5.74, 6) is 1.23. The maximum atomic E-state index is 11.7. The Balaban J connectivity index is 1.84.